The van der Waals surface area contributed by atoms with Crippen LogP contribution in [-0.2, 0) is 9.59 Å². The van der Waals surface area contributed by atoms with Crippen LogP contribution in [0, 0.1) is 0 Å². The third-order valence-corrected chi connectivity index (χ3v) is 4.01. The molecule has 0 radical (unpaired) electrons. The lowest BCUT2D eigenvalue weighted by Crippen LogP contribution is -2.20. The van der Waals surface area contributed by atoms with Gasteiger partial charge < -0.3 is 15.4 Å². The van der Waals surface area contributed by atoms with E-state index in [1.54, 1.807) is 42.5 Å². The van der Waals surface area contributed by atoms with Gasteiger partial charge in [0.25, 0.3) is 5.91 Å². The number of anilines is 2. The highest BCUT2D eigenvalue weighted by Gasteiger charge is 2.08. The first kappa shape index (κ1) is 19.3. The maximum atomic E-state index is 12.0. The summed E-state index contributed by atoms with van der Waals surface area (Å²) in [6, 6.07) is 12.0. The van der Waals surface area contributed by atoms with E-state index in [-0.39, 0.29) is 18.4 Å². The Morgan fingerprint density at radius 2 is 1.76 bits per heavy atom. The number of nitrogens with one attached hydrogen (secondary N) is 2. The van der Waals surface area contributed by atoms with Gasteiger partial charge >= 0.3 is 0 Å². The number of benzene rings is 2. The highest BCUT2D eigenvalue weighted by atomic mass is 79.9. The summed E-state index contributed by atoms with van der Waals surface area (Å²) in [5.74, 6) is 0.168. The van der Waals surface area contributed by atoms with E-state index < -0.39 is 0 Å². The van der Waals surface area contributed by atoms with Crippen molar-refractivity contribution < 1.29 is 14.3 Å². The number of carbonyl (C=O) groups excluding carboxylic acids is 2. The third-order valence-electron chi connectivity index (χ3n) is 3.16. The van der Waals surface area contributed by atoms with Crippen LogP contribution in [-0.4, -0.2) is 18.4 Å². The van der Waals surface area contributed by atoms with E-state index in [0.717, 1.165) is 6.42 Å². The van der Waals surface area contributed by atoms with Gasteiger partial charge in [0.15, 0.2) is 6.61 Å². The van der Waals surface area contributed by atoms with E-state index in [1.807, 2.05) is 6.92 Å². The smallest absolute Gasteiger partial charge is 0.262 e. The van der Waals surface area contributed by atoms with E-state index in [4.69, 9.17) is 16.3 Å². The summed E-state index contributed by atoms with van der Waals surface area (Å²) in [6.07, 6.45) is 1.24. The van der Waals surface area contributed by atoms with Gasteiger partial charge in [0, 0.05) is 22.8 Å². The number of hydrogen-bond acceptors (Lipinski definition) is 3. The second-order valence-corrected chi connectivity index (χ2v) is 6.58. The van der Waals surface area contributed by atoms with Crippen LogP contribution in [0.4, 0.5) is 11.4 Å². The van der Waals surface area contributed by atoms with Crippen LogP contribution in [0.5, 0.6) is 5.75 Å². The number of ether oxygens (including phenoxy) is 1. The predicted octanol–water partition coefficient (Wildman–Crippen LogP) is 4.86. The van der Waals surface area contributed by atoms with Gasteiger partial charge in [-0.15, -0.1) is 0 Å². The first-order valence-electron chi connectivity index (χ1n) is 7.75. The fraction of sp³-hybridized carbons (Fsp3) is 0.222. The molecule has 2 aromatic carbocycles. The van der Waals surface area contributed by atoms with E-state index in [9.17, 15) is 9.59 Å². The fourth-order valence-electron chi connectivity index (χ4n) is 2.06. The van der Waals surface area contributed by atoms with Crippen molar-refractivity contribution in [1.82, 2.24) is 0 Å². The zero-order valence-electron chi connectivity index (χ0n) is 13.6. The molecule has 2 N–H and O–H groups in total. The molecule has 0 bridgehead atoms. The lowest BCUT2D eigenvalue weighted by molar-refractivity contribution is -0.118. The minimum atomic E-state index is -0.307. The first-order chi connectivity index (χ1) is 12.0. The Morgan fingerprint density at radius 3 is 2.40 bits per heavy atom. The molecule has 0 aliphatic heterocycles. The van der Waals surface area contributed by atoms with Gasteiger partial charge in [0.2, 0.25) is 5.91 Å². The monoisotopic (exact) mass is 424 g/mol. The zero-order chi connectivity index (χ0) is 18.2. The van der Waals surface area contributed by atoms with Gasteiger partial charge in [-0.3, -0.25) is 9.59 Å². The fourth-order valence-corrected chi connectivity index (χ4v) is 2.86. The maximum absolute atomic E-state index is 12.0. The number of carbonyl (C=O) groups is 2. The van der Waals surface area contributed by atoms with Crippen molar-refractivity contribution in [1.29, 1.82) is 0 Å². The topological polar surface area (TPSA) is 67.4 Å². The maximum Gasteiger partial charge on any atom is 0.262 e. The summed E-state index contributed by atoms with van der Waals surface area (Å²) in [5, 5.41) is 6.09. The highest BCUT2D eigenvalue weighted by Crippen LogP contribution is 2.28. The second-order valence-electron chi connectivity index (χ2n) is 5.29. The molecule has 0 spiro atoms. The van der Waals surface area contributed by atoms with Crippen molar-refractivity contribution in [3.8, 4) is 5.75 Å². The van der Waals surface area contributed by atoms with Crippen LogP contribution in [0.2, 0.25) is 5.02 Å². The molecule has 2 rings (SSSR count). The van der Waals surface area contributed by atoms with Gasteiger partial charge in [-0.2, -0.15) is 0 Å². The van der Waals surface area contributed by atoms with E-state index in [1.165, 1.54) is 0 Å². The number of halogens is 2. The largest absolute Gasteiger partial charge is 0.483 e. The quantitative estimate of drug-likeness (QED) is 0.666. The Kier molecular flexibility index (Phi) is 7.28. The molecular weight excluding hydrogens is 408 g/mol. The molecule has 0 unspecified atom stereocenters. The first-order valence-corrected chi connectivity index (χ1v) is 8.92. The average molecular weight is 426 g/mol. The molecule has 0 aliphatic carbocycles. The molecule has 132 valence electrons. The molecule has 25 heavy (non-hydrogen) atoms. The van der Waals surface area contributed by atoms with Crippen molar-refractivity contribution in [2.24, 2.45) is 0 Å². The summed E-state index contributed by atoms with van der Waals surface area (Å²) in [6.45, 7) is 1.79. The van der Waals surface area contributed by atoms with Gasteiger partial charge in [0.05, 0.1) is 4.47 Å². The molecule has 0 fully saturated rings. The standard InChI is InChI=1S/C18H18BrClN2O3/c1-2-4-17(23)21-13-5-3-6-14(10-13)22-18(24)11-25-16-8-7-12(20)9-15(16)19/h3,5-10H,2,4,11H2,1H3,(H,21,23)(H,22,24). The van der Waals surface area contributed by atoms with Crippen LogP contribution < -0.4 is 15.4 Å². The van der Waals surface area contributed by atoms with E-state index in [2.05, 4.69) is 26.6 Å². The predicted molar refractivity (Wildman–Crippen MR) is 103 cm³/mol. The third kappa shape index (κ3) is 6.40. The van der Waals surface area contributed by atoms with Gasteiger partial charge in [-0.25, -0.2) is 0 Å². The van der Waals surface area contributed by atoms with Gasteiger partial charge in [0.1, 0.15) is 5.75 Å². The van der Waals surface area contributed by atoms with Crippen molar-refractivity contribution in [2.45, 2.75) is 19.8 Å². The molecular formula is C18H18BrClN2O3. The molecule has 0 aliphatic rings. The van der Waals surface area contributed by atoms with Crippen LogP contribution in [0.25, 0.3) is 0 Å². The molecule has 0 saturated carbocycles. The van der Waals surface area contributed by atoms with Crippen molar-refractivity contribution >= 4 is 50.7 Å². The minimum absolute atomic E-state index is 0.0538. The van der Waals surface area contributed by atoms with Crippen LogP contribution in [0.3, 0.4) is 0 Å². The molecule has 2 amide bonds. The molecule has 5 nitrogen and oxygen atoms in total. The second kappa shape index (κ2) is 9.44. The summed E-state index contributed by atoms with van der Waals surface area (Å²) in [7, 11) is 0. The van der Waals surface area contributed by atoms with Crippen molar-refractivity contribution in [3.63, 3.8) is 0 Å². The number of rotatable bonds is 7. The molecule has 2 aromatic rings. The van der Waals surface area contributed by atoms with Crippen molar-refractivity contribution in [3.05, 3.63) is 52.0 Å². The van der Waals surface area contributed by atoms with Crippen LogP contribution in [0.15, 0.2) is 46.9 Å². The Labute approximate surface area is 159 Å². The summed E-state index contributed by atoms with van der Waals surface area (Å²) >= 11 is 9.19. The molecule has 0 saturated heterocycles. The lowest BCUT2D eigenvalue weighted by atomic mass is 10.2. The molecule has 0 aromatic heterocycles. The van der Waals surface area contributed by atoms with E-state index >= 15 is 0 Å². The summed E-state index contributed by atoms with van der Waals surface area (Å²) in [4.78, 5) is 23.7. The SMILES string of the molecule is CCCC(=O)Nc1cccc(NC(=O)COc2ccc(Cl)cc2Br)c1. The molecule has 7 heteroatoms. The normalized spacial score (nSPS) is 10.2. The van der Waals surface area contributed by atoms with Crippen LogP contribution >= 0.6 is 27.5 Å². The Bertz CT molecular complexity index is 768. The zero-order valence-corrected chi connectivity index (χ0v) is 16.0. The summed E-state index contributed by atoms with van der Waals surface area (Å²) in [5.41, 5.74) is 1.22. The summed E-state index contributed by atoms with van der Waals surface area (Å²) < 4.78 is 6.14. The Balaban J connectivity index is 1.90. The number of hydrogen-bond donors (Lipinski definition) is 2. The Hall–Kier alpha value is -2.05. The highest BCUT2D eigenvalue weighted by molar-refractivity contribution is 9.10. The molecule has 0 heterocycles. The average Bonchev–Trinajstić information content (AvgIpc) is 2.54. The van der Waals surface area contributed by atoms with Gasteiger partial charge in [-0.05, 0) is 58.7 Å². The Morgan fingerprint density at radius 1 is 1.08 bits per heavy atom. The lowest BCUT2D eigenvalue weighted by Gasteiger charge is -2.10. The van der Waals surface area contributed by atoms with E-state index in [0.29, 0.717) is 33.0 Å². The number of amides is 2. The van der Waals surface area contributed by atoms with Crippen molar-refractivity contribution in [2.75, 3.05) is 17.2 Å². The minimum Gasteiger partial charge on any atom is -0.483 e. The molecule has 0 atom stereocenters. The van der Waals surface area contributed by atoms with Crippen LogP contribution in [0.1, 0.15) is 19.8 Å². The van der Waals surface area contributed by atoms with Gasteiger partial charge in [-0.1, -0.05) is 24.6 Å².